The highest BCUT2D eigenvalue weighted by Crippen LogP contribution is 2.34. The van der Waals surface area contributed by atoms with Gasteiger partial charge in [-0.15, -0.1) is 0 Å². The van der Waals surface area contributed by atoms with E-state index in [9.17, 15) is 14.7 Å². The Morgan fingerprint density at radius 3 is 2.86 bits per heavy atom. The molecule has 0 bridgehead atoms. The third-order valence-corrected chi connectivity index (χ3v) is 3.90. The van der Waals surface area contributed by atoms with Gasteiger partial charge in [-0.1, -0.05) is 24.3 Å². The molecule has 1 aliphatic carbocycles. The minimum atomic E-state index is -1.05. The van der Waals surface area contributed by atoms with E-state index in [2.05, 4.69) is 12.2 Å². The minimum absolute atomic E-state index is 0.0476. The lowest BCUT2D eigenvalue weighted by atomic mass is 10.0. The first-order valence-electron chi connectivity index (χ1n) is 7.10. The molecule has 2 atom stereocenters. The van der Waals surface area contributed by atoms with Gasteiger partial charge in [0, 0.05) is 6.42 Å². The Balaban J connectivity index is 1.83. The van der Waals surface area contributed by atoms with Gasteiger partial charge in [-0.2, -0.15) is 0 Å². The Hall–Kier alpha value is -2.30. The summed E-state index contributed by atoms with van der Waals surface area (Å²) in [5.41, 5.74) is 0.655. The van der Waals surface area contributed by atoms with Crippen molar-refractivity contribution in [1.82, 2.24) is 0 Å². The van der Waals surface area contributed by atoms with Crippen molar-refractivity contribution in [3.63, 3.8) is 0 Å². The number of aliphatic carboxylic acids is 1. The van der Waals surface area contributed by atoms with Crippen LogP contribution < -0.4 is 9.64 Å². The number of allylic oxidation sites excluding steroid dienone is 2. The summed E-state index contributed by atoms with van der Waals surface area (Å²) in [5.74, 6) is -0.390. The fourth-order valence-electron chi connectivity index (χ4n) is 2.80. The zero-order valence-corrected chi connectivity index (χ0v) is 11.6. The number of para-hydroxylation sites is 2. The largest absolute Gasteiger partial charge is 0.478 e. The van der Waals surface area contributed by atoms with Crippen molar-refractivity contribution in [3.05, 3.63) is 36.4 Å². The second-order valence-corrected chi connectivity index (χ2v) is 5.39. The molecule has 1 aromatic carbocycles. The standard InChI is InChI=1S/C16H17NO4/c18-15(9-11-5-1-2-6-11)17-10-14(16(19)20)21-13-8-4-3-7-12(13)17/h1,3-5,7-8,11,14H,2,6,9-10H2,(H,19,20). The second kappa shape index (κ2) is 5.60. The number of rotatable bonds is 3. The van der Waals surface area contributed by atoms with Crippen LogP contribution in [0.3, 0.4) is 0 Å². The predicted octanol–water partition coefficient (Wildman–Crippen LogP) is 2.22. The van der Waals surface area contributed by atoms with Gasteiger partial charge in [0.15, 0.2) is 0 Å². The molecular weight excluding hydrogens is 270 g/mol. The van der Waals surface area contributed by atoms with Crippen LogP contribution in [0.15, 0.2) is 36.4 Å². The first-order chi connectivity index (χ1) is 10.1. The summed E-state index contributed by atoms with van der Waals surface area (Å²) in [6.45, 7) is 0.0572. The minimum Gasteiger partial charge on any atom is -0.478 e. The Bertz CT molecular complexity index is 596. The first-order valence-corrected chi connectivity index (χ1v) is 7.10. The van der Waals surface area contributed by atoms with Crippen molar-refractivity contribution >= 4 is 17.6 Å². The summed E-state index contributed by atoms with van der Waals surface area (Å²) < 4.78 is 5.44. The number of fused-ring (bicyclic) bond motifs is 1. The molecule has 0 spiro atoms. The van der Waals surface area contributed by atoms with E-state index in [0.717, 1.165) is 12.8 Å². The number of hydrogen-bond acceptors (Lipinski definition) is 3. The summed E-state index contributed by atoms with van der Waals surface area (Å²) >= 11 is 0. The number of carbonyl (C=O) groups is 2. The number of carboxylic acid groups (broad SMARTS) is 1. The van der Waals surface area contributed by atoms with Crippen molar-refractivity contribution in [2.45, 2.75) is 25.4 Å². The summed E-state index contributed by atoms with van der Waals surface area (Å²) in [7, 11) is 0. The SMILES string of the molecule is O=C(O)C1CN(C(=O)CC2C=CCC2)c2ccccc2O1. The lowest BCUT2D eigenvalue weighted by Crippen LogP contribution is -2.47. The van der Waals surface area contributed by atoms with Crippen LogP contribution in [0.5, 0.6) is 5.75 Å². The third-order valence-electron chi connectivity index (χ3n) is 3.90. The van der Waals surface area contributed by atoms with Gasteiger partial charge in [0.1, 0.15) is 5.75 Å². The quantitative estimate of drug-likeness (QED) is 0.866. The number of amides is 1. The Morgan fingerprint density at radius 2 is 2.14 bits per heavy atom. The van der Waals surface area contributed by atoms with Crippen LogP contribution in [0.2, 0.25) is 0 Å². The fourth-order valence-corrected chi connectivity index (χ4v) is 2.80. The number of nitrogens with zero attached hydrogens (tertiary/aromatic N) is 1. The van der Waals surface area contributed by atoms with E-state index in [-0.39, 0.29) is 18.4 Å². The maximum Gasteiger partial charge on any atom is 0.346 e. The molecule has 1 aromatic rings. The number of benzene rings is 1. The molecule has 1 heterocycles. The van der Waals surface area contributed by atoms with Crippen molar-refractivity contribution in [2.75, 3.05) is 11.4 Å². The van der Waals surface area contributed by atoms with E-state index in [4.69, 9.17) is 4.74 Å². The fraction of sp³-hybridized carbons (Fsp3) is 0.375. The molecule has 1 amide bonds. The highest BCUT2D eigenvalue weighted by Gasteiger charge is 2.34. The second-order valence-electron chi connectivity index (χ2n) is 5.39. The molecule has 5 nitrogen and oxygen atoms in total. The van der Waals surface area contributed by atoms with E-state index in [1.807, 2.05) is 6.07 Å². The van der Waals surface area contributed by atoms with E-state index in [1.165, 1.54) is 0 Å². The maximum absolute atomic E-state index is 12.5. The average Bonchev–Trinajstić information content (AvgIpc) is 2.98. The van der Waals surface area contributed by atoms with Crippen molar-refractivity contribution in [3.8, 4) is 5.75 Å². The number of carboxylic acids is 1. The lowest BCUT2D eigenvalue weighted by molar-refractivity contribution is -0.145. The highest BCUT2D eigenvalue weighted by molar-refractivity contribution is 5.96. The summed E-state index contributed by atoms with van der Waals surface area (Å²) in [6.07, 6.45) is 5.56. The zero-order valence-electron chi connectivity index (χ0n) is 11.6. The van der Waals surface area contributed by atoms with Crippen LogP contribution in [0.4, 0.5) is 5.69 Å². The first kappa shape index (κ1) is 13.7. The molecule has 110 valence electrons. The molecule has 0 radical (unpaired) electrons. The van der Waals surface area contributed by atoms with Crippen LogP contribution in [-0.4, -0.2) is 29.6 Å². The van der Waals surface area contributed by atoms with E-state index < -0.39 is 12.1 Å². The lowest BCUT2D eigenvalue weighted by Gasteiger charge is -2.33. The molecule has 0 aromatic heterocycles. The molecule has 1 aliphatic heterocycles. The Labute approximate surface area is 122 Å². The number of hydrogen-bond donors (Lipinski definition) is 1. The van der Waals surface area contributed by atoms with Gasteiger partial charge in [0.2, 0.25) is 12.0 Å². The van der Waals surface area contributed by atoms with Gasteiger partial charge < -0.3 is 14.7 Å². The molecule has 3 rings (SSSR count). The Morgan fingerprint density at radius 1 is 1.33 bits per heavy atom. The molecule has 21 heavy (non-hydrogen) atoms. The molecule has 0 saturated carbocycles. The van der Waals surface area contributed by atoms with Crippen LogP contribution >= 0.6 is 0 Å². The molecular formula is C16H17NO4. The predicted molar refractivity (Wildman–Crippen MR) is 77.3 cm³/mol. The summed E-state index contributed by atoms with van der Waals surface area (Å²) in [5, 5.41) is 9.17. The molecule has 0 saturated heterocycles. The van der Waals surface area contributed by atoms with Crippen molar-refractivity contribution in [1.29, 1.82) is 0 Å². The van der Waals surface area contributed by atoms with Crippen molar-refractivity contribution < 1.29 is 19.4 Å². The van der Waals surface area contributed by atoms with Gasteiger partial charge in [0.25, 0.3) is 0 Å². The summed E-state index contributed by atoms with van der Waals surface area (Å²) in [4.78, 5) is 25.3. The third kappa shape index (κ3) is 2.77. The monoisotopic (exact) mass is 287 g/mol. The number of carbonyl (C=O) groups excluding carboxylic acids is 1. The molecule has 5 heteroatoms. The van der Waals surface area contributed by atoms with E-state index in [0.29, 0.717) is 17.9 Å². The maximum atomic E-state index is 12.5. The number of anilines is 1. The smallest absolute Gasteiger partial charge is 0.346 e. The van der Waals surface area contributed by atoms with E-state index in [1.54, 1.807) is 23.1 Å². The normalized spacial score (nSPS) is 23.5. The number of ether oxygens (including phenoxy) is 1. The van der Waals surface area contributed by atoms with Gasteiger partial charge in [0.05, 0.1) is 12.2 Å². The molecule has 1 N–H and O–H groups in total. The van der Waals surface area contributed by atoms with Crippen LogP contribution in [-0.2, 0) is 9.59 Å². The van der Waals surface area contributed by atoms with Gasteiger partial charge in [-0.3, -0.25) is 4.79 Å². The highest BCUT2D eigenvalue weighted by atomic mass is 16.5. The van der Waals surface area contributed by atoms with Gasteiger partial charge in [-0.05, 0) is 30.9 Å². The van der Waals surface area contributed by atoms with Gasteiger partial charge >= 0.3 is 5.97 Å². The average molecular weight is 287 g/mol. The Kier molecular flexibility index (Phi) is 3.64. The van der Waals surface area contributed by atoms with Crippen LogP contribution in [0.1, 0.15) is 19.3 Å². The zero-order chi connectivity index (χ0) is 14.8. The topological polar surface area (TPSA) is 66.8 Å². The van der Waals surface area contributed by atoms with Crippen molar-refractivity contribution in [2.24, 2.45) is 5.92 Å². The van der Waals surface area contributed by atoms with Gasteiger partial charge in [-0.25, -0.2) is 4.79 Å². The van der Waals surface area contributed by atoms with Crippen LogP contribution in [0.25, 0.3) is 0 Å². The molecule has 0 fully saturated rings. The molecule has 2 aliphatic rings. The van der Waals surface area contributed by atoms with E-state index >= 15 is 0 Å². The van der Waals surface area contributed by atoms with Crippen LogP contribution in [0, 0.1) is 5.92 Å². The summed E-state index contributed by atoms with van der Waals surface area (Å²) in [6, 6.07) is 7.07. The molecule has 2 unspecified atom stereocenters.